The van der Waals surface area contributed by atoms with Gasteiger partial charge in [0.25, 0.3) is 0 Å². The summed E-state index contributed by atoms with van der Waals surface area (Å²) in [6, 6.07) is 6.05. The molecule has 2 heteroatoms. The van der Waals surface area contributed by atoms with E-state index in [0.29, 0.717) is 6.61 Å². The van der Waals surface area contributed by atoms with Crippen LogP contribution in [0.2, 0.25) is 0 Å². The predicted octanol–water partition coefficient (Wildman–Crippen LogP) is 6.44. The van der Waals surface area contributed by atoms with Crippen molar-refractivity contribution in [3.05, 3.63) is 23.9 Å². The van der Waals surface area contributed by atoms with Gasteiger partial charge in [0, 0.05) is 11.8 Å². The topological polar surface area (TPSA) is 22.1 Å². The van der Waals surface area contributed by atoms with Crippen LogP contribution < -0.4 is 4.74 Å². The molecule has 0 atom stereocenters. The highest BCUT2D eigenvalue weighted by Gasteiger charge is 1.98. The largest absolute Gasteiger partial charge is 0.478 e. The molecule has 0 fully saturated rings. The fraction of sp³-hybridized carbons (Fsp3) is 0.737. The third kappa shape index (κ3) is 13.7. The second-order valence-electron chi connectivity index (χ2n) is 4.42. The molecular weight excluding hydrogens is 258 g/mol. The maximum Gasteiger partial charge on any atom is 0.213 e. The number of rotatable bonds is 9. The highest BCUT2D eigenvalue weighted by molar-refractivity contribution is 5.15. The minimum Gasteiger partial charge on any atom is -0.478 e. The van der Waals surface area contributed by atoms with Crippen molar-refractivity contribution < 1.29 is 4.74 Å². The molecule has 0 saturated carbocycles. The Labute approximate surface area is 133 Å². The number of nitrogens with zero attached hydrogens (tertiary/aromatic N) is 1. The molecule has 1 aromatic rings. The van der Waals surface area contributed by atoms with E-state index in [1.165, 1.54) is 38.5 Å². The van der Waals surface area contributed by atoms with Gasteiger partial charge < -0.3 is 4.74 Å². The summed E-state index contributed by atoms with van der Waals surface area (Å²) in [6.45, 7) is 12.9. The van der Waals surface area contributed by atoms with Crippen LogP contribution in [0.15, 0.2) is 18.2 Å². The fourth-order valence-corrected chi connectivity index (χ4v) is 1.91. The Morgan fingerprint density at radius 3 is 2.10 bits per heavy atom. The van der Waals surface area contributed by atoms with Crippen LogP contribution in [0.25, 0.3) is 0 Å². The van der Waals surface area contributed by atoms with Crippen LogP contribution in [0, 0.1) is 0 Å². The zero-order valence-electron chi connectivity index (χ0n) is 15.2. The monoisotopic (exact) mass is 295 g/mol. The van der Waals surface area contributed by atoms with Crippen LogP contribution >= 0.6 is 0 Å². The minimum atomic E-state index is 0.688. The Morgan fingerprint density at radius 2 is 1.48 bits per heavy atom. The third-order valence-electron chi connectivity index (χ3n) is 2.86. The molecule has 1 aromatic heterocycles. The van der Waals surface area contributed by atoms with Gasteiger partial charge in [-0.15, -0.1) is 0 Å². The molecule has 0 amide bonds. The van der Waals surface area contributed by atoms with Gasteiger partial charge in [-0.2, -0.15) is 0 Å². The first-order valence-corrected chi connectivity index (χ1v) is 8.95. The molecule has 0 spiro atoms. The Bertz CT molecular complexity index is 299. The molecular formula is C19H37NO. The van der Waals surface area contributed by atoms with E-state index in [1.807, 2.05) is 46.8 Å². The van der Waals surface area contributed by atoms with Gasteiger partial charge in [0.15, 0.2) is 0 Å². The summed E-state index contributed by atoms with van der Waals surface area (Å²) in [5.41, 5.74) is 1.16. The third-order valence-corrected chi connectivity index (χ3v) is 2.86. The second kappa shape index (κ2) is 18.9. The van der Waals surface area contributed by atoms with Crippen molar-refractivity contribution in [1.29, 1.82) is 0 Å². The number of aromatic nitrogens is 1. The smallest absolute Gasteiger partial charge is 0.213 e. The molecule has 1 heterocycles. The molecule has 2 nitrogen and oxygen atoms in total. The highest BCUT2D eigenvalue weighted by atomic mass is 16.5. The van der Waals surface area contributed by atoms with Gasteiger partial charge in [-0.3, -0.25) is 0 Å². The molecule has 124 valence electrons. The molecule has 0 aliphatic heterocycles. The van der Waals surface area contributed by atoms with Crippen molar-refractivity contribution in [1.82, 2.24) is 4.98 Å². The zero-order valence-corrected chi connectivity index (χ0v) is 15.2. The summed E-state index contributed by atoms with van der Waals surface area (Å²) in [4.78, 5) is 4.47. The molecule has 0 aliphatic rings. The molecule has 0 aromatic carbocycles. The van der Waals surface area contributed by atoms with Crippen LogP contribution in [-0.2, 0) is 6.42 Å². The van der Waals surface area contributed by atoms with Crippen LogP contribution in [0.3, 0.4) is 0 Å². The van der Waals surface area contributed by atoms with E-state index in [1.54, 1.807) is 0 Å². The van der Waals surface area contributed by atoms with Gasteiger partial charge in [-0.1, -0.05) is 72.8 Å². The Morgan fingerprint density at radius 1 is 0.857 bits per heavy atom. The minimum absolute atomic E-state index is 0.688. The molecule has 0 unspecified atom stereocenters. The SMILES string of the molecule is CC.CC.CCCCCCCCc1cccc(OCC)n1. The molecule has 0 N–H and O–H groups in total. The lowest BCUT2D eigenvalue weighted by Gasteiger charge is -2.05. The van der Waals surface area contributed by atoms with Gasteiger partial charge in [0.2, 0.25) is 5.88 Å². The van der Waals surface area contributed by atoms with E-state index < -0.39 is 0 Å². The summed E-state index contributed by atoms with van der Waals surface area (Å²) in [5.74, 6) is 0.760. The van der Waals surface area contributed by atoms with Crippen LogP contribution in [0.4, 0.5) is 0 Å². The second-order valence-corrected chi connectivity index (χ2v) is 4.42. The zero-order chi connectivity index (χ0) is 16.3. The van der Waals surface area contributed by atoms with Crippen molar-refractivity contribution in [3.63, 3.8) is 0 Å². The molecule has 0 bridgehead atoms. The van der Waals surface area contributed by atoms with Crippen molar-refractivity contribution in [3.8, 4) is 5.88 Å². The molecule has 0 radical (unpaired) electrons. The highest BCUT2D eigenvalue weighted by Crippen LogP contribution is 2.11. The summed E-state index contributed by atoms with van der Waals surface area (Å²) in [5, 5.41) is 0. The maximum atomic E-state index is 5.39. The van der Waals surface area contributed by atoms with Crippen molar-refractivity contribution in [2.24, 2.45) is 0 Å². The average Bonchev–Trinajstić information content (AvgIpc) is 2.55. The van der Waals surface area contributed by atoms with Gasteiger partial charge in [-0.25, -0.2) is 4.98 Å². The van der Waals surface area contributed by atoms with Crippen LogP contribution in [0.5, 0.6) is 5.88 Å². The van der Waals surface area contributed by atoms with E-state index in [-0.39, 0.29) is 0 Å². The van der Waals surface area contributed by atoms with Crippen molar-refractivity contribution in [2.75, 3.05) is 6.61 Å². The number of ether oxygens (including phenoxy) is 1. The first kappa shape index (κ1) is 22.2. The quantitative estimate of drug-likeness (QED) is 0.489. The van der Waals surface area contributed by atoms with E-state index in [0.717, 1.165) is 18.0 Å². The average molecular weight is 296 g/mol. The number of hydrogen-bond donors (Lipinski definition) is 0. The van der Waals surface area contributed by atoms with E-state index in [9.17, 15) is 0 Å². The van der Waals surface area contributed by atoms with Gasteiger partial charge in [0.1, 0.15) is 0 Å². The summed E-state index contributed by atoms with van der Waals surface area (Å²) in [6.07, 6.45) is 9.07. The van der Waals surface area contributed by atoms with Gasteiger partial charge in [0.05, 0.1) is 6.61 Å². The molecule has 21 heavy (non-hydrogen) atoms. The maximum absolute atomic E-state index is 5.39. The fourth-order valence-electron chi connectivity index (χ4n) is 1.91. The first-order valence-electron chi connectivity index (χ1n) is 8.95. The molecule has 0 aliphatic carbocycles. The Balaban J connectivity index is 0. The standard InChI is InChI=1S/C15H25NO.2C2H6/c1-3-5-6-7-8-9-11-14-12-10-13-15(16-14)17-4-2;2*1-2/h10,12-13H,3-9,11H2,1-2H3;2*1-2H3. The van der Waals surface area contributed by atoms with Crippen molar-refractivity contribution in [2.45, 2.75) is 86.5 Å². The van der Waals surface area contributed by atoms with E-state index in [2.05, 4.69) is 18.0 Å². The lowest BCUT2D eigenvalue weighted by atomic mass is 10.1. The number of hydrogen-bond acceptors (Lipinski definition) is 2. The molecule has 0 saturated heterocycles. The van der Waals surface area contributed by atoms with Crippen LogP contribution in [0.1, 0.15) is 85.8 Å². The number of unbranched alkanes of at least 4 members (excludes halogenated alkanes) is 5. The number of pyridine rings is 1. The summed E-state index contributed by atoms with van der Waals surface area (Å²) >= 11 is 0. The lowest BCUT2D eigenvalue weighted by molar-refractivity contribution is 0.325. The molecule has 1 rings (SSSR count). The summed E-state index contributed by atoms with van der Waals surface area (Å²) < 4.78 is 5.39. The summed E-state index contributed by atoms with van der Waals surface area (Å²) in [7, 11) is 0. The normalized spacial score (nSPS) is 9.05. The lowest BCUT2D eigenvalue weighted by Crippen LogP contribution is -1.97. The Hall–Kier alpha value is -1.05. The van der Waals surface area contributed by atoms with E-state index >= 15 is 0 Å². The van der Waals surface area contributed by atoms with E-state index in [4.69, 9.17) is 4.74 Å². The Kier molecular flexibility index (Phi) is 20.1. The van der Waals surface area contributed by atoms with Crippen LogP contribution in [-0.4, -0.2) is 11.6 Å². The first-order chi connectivity index (χ1) is 10.4. The van der Waals surface area contributed by atoms with Gasteiger partial charge >= 0.3 is 0 Å². The van der Waals surface area contributed by atoms with Gasteiger partial charge in [-0.05, 0) is 25.8 Å². The number of aryl methyl sites for hydroxylation is 1. The van der Waals surface area contributed by atoms with Crippen molar-refractivity contribution >= 4 is 0 Å². The predicted molar refractivity (Wildman–Crippen MR) is 95.2 cm³/mol.